The van der Waals surface area contributed by atoms with E-state index in [0.29, 0.717) is 23.2 Å². The fourth-order valence-corrected chi connectivity index (χ4v) is 6.56. The minimum Gasteiger partial charge on any atom is -0.507 e. The van der Waals surface area contributed by atoms with Gasteiger partial charge in [0.15, 0.2) is 5.82 Å². The number of ether oxygens (including phenoxy) is 1. The molecule has 7 nitrogen and oxygen atoms in total. The molecule has 2 saturated heterocycles. The van der Waals surface area contributed by atoms with E-state index >= 15 is 0 Å². The Morgan fingerprint density at radius 1 is 1.03 bits per heavy atom. The molecule has 2 bridgehead atoms. The van der Waals surface area contributed by atoms with Crippen LogP contribution in [0.2, 0.25) is 0 Å². The van der Waals surface area contributed by atoms with Crippen LogP contribution in [0.3, 0.4) is 0 Å². The number of methoxy groups -OCH3 is 1. The zero-order valence-electron chi connectivity index (χ0n) is 20.7. The van der Waals surface area contributed by atoms with Crippen LogP contribution in [0.1, 0.15) is 51.5 Å². The van der Waals surface area contributed by atoms with Gasteiger partial charge in [0.1, 0.15) is 5.75 Å². The molecule has 5 heterocycles. The molecule has 0 saturated carbocycles. The van der Waals surface area contributed by atoms with Gasteiger partial charge in [-0.1, -0.05) is 6.07 Å². The first-order chi connectivity index (χ1) is 16.8. The summed E-state index contributed by atoms with van der Waals surface area (Å²) in [5, 5.41) is 24.1. The highest BCUT2D eigenvalue weighted by atomic mass is 16.5. The van der Waals surface area contributed by atoms with E-state index < -0.39 is 0 Å². The first-order valence-corrected chi connectivity index (χ1v) is 12.6. The molecule has 0 amide bonds. The van der Waals surface area contributed by atoms with Crippen LogP contribution in [0, 0.1) is 0 Å². The van der Waals surface area contributed by atoms with Crippen molar-refractivity contribution in [2.24, 2.45) is 0 Å². The molecule has 3 aliphatic heterocycles. The van der Waals surface area contributed by atoms with Crippen molar-refractivity contribution in [3.05, 3.63) is 48.2 Å². The SMILES string of the molecule is COc1cc(-c2ccc(-c3cc4c(nn3)N(C3C[C@]5(C)CC[C@](C)(C3)N5)CCC4)c(O)c2)ccn1. The fraction of sp³-hybridized carbons (Fsp3) is 0.464. The van der Waals surface area contributed by atoms with Crippen LogP contribution in [-0.4, -0.2) is 51.1 Å². The molecule has 7 heteroatoms. The molecule has 1 unspecified atom stereocenters. The number of aryl methyl sites for hydroxylation is 1. The number of nitrogens with one attached hydrogen (secondary N) is 1. The number of phenolic OH excluding ortho intramolecular Hbond substituents is 1. The highest BCUT2D eigenvalue weighted by Gasteiger charge is 2.50. The largest absolute Gasteiger partial charge is 0.507 e. The van der Waals surface area contributed by atoms with E-state index in [9.17, 15) is 5.11 Å². The molecule has 6 rings (SSSR count). The third kappa shape index (κ3) is 4.01. The summed E-state index contributed by atoms with van der Waals surface area (Å²) in [5.41, 5.74) is 4.90. The number of pyridine rings is 1. The summed E-state index contributed by atoms with van der Waals surface area (Å²) in [6, 6.07) is 12.0. The predicted molar refractivity (Wildman–Crippen MR) is 137 cm³/mol. The summed E-state index contributed by atoms with van der Waals surface area (Å²) in [5.74, 6) is 1.76. The van der Waals surface area contributed by atoms with Crippen molar-refractivity contribution in [3.63, 3.8) is 0 Å². The second-order valence-electron chi connectivity index (χ2n) is 11.0. The Labute approximate surface area is 206 Å². The van der Waals surface area contributed by atoms with Gasteiger partial charge in [-0.15, -0.1) is 10.2 Å². The Hall–Kier alpha value is -3.19. The van der Waals surface area contributed by atoms with Gasteiger partial charge in [-0.05, 0) is 93.3 Å². The summed E-state index contributed by atoms with van der Waals surface area (Å²) in [6.07, 6.45) is 8.59. The number of hydrogen-bond donors (Lipinski definition) is 2. The highest BCUT2D eigenvalue weighted by molar-refractivity contribution is 5.75. The lowest BCUT2D eigenvalue weighted by Crippen LogP contribution is -2.59. The summed E-state index contributed by atoms with van der Waals surface area (Å²) in [6.45, 7) is 5.78. The maximum atomic E-state index is 10.9. The topological polar surface area (TPSA) is 83.4 Å². The van der Waals surface area contributed by atoms with Gasteiger partial charge in [0.2, 0.25) is 5.88 Å². The van der Waals surface area contributed by atoms with Gasteiger partial charge >= 0.3 is 0 Å². The molecule has 0 radical (unpaired) electrons. The smallest absolute Gasteiger partial charge is 0.213 e. The third-order valence-electron chi connectivity index (χ3n) is 8.16. The summed E-state index contributed by atoms with van der Waals surface area (Å²) < 4.78 is 5.23. The zero-order chi connectivity index (χ0) is 24.2. The number of hydrogen-bond acceptors (Lipinski definition) is 7. The molecule has 3 aromatic rings. The van der Waals surface area contributed by atoms with E-state index in [1.165, 1.54) is 18.4 Å². The van der Waals surface area contributed by atoms with E-state index in [1.807, 2.05) is 24.3 Å². The number of benzene rings is 1. The number of aromatic nitrogens is 3. The Morgan fingerprint density at radius 3 is 2.54 bits per heavy atom. The molecule has 0 aliphatic carbocycles. The molecule has 2 fully saturated rings. The second-order valence-corrected chi connectivity index (χ2v) is 11.0. The van der Waals surface area contributed by atoms with Crippen LogP contribution in [0.15, 0.2) is 42.6 Å². The van der Waals surface area contributed by atoms with E-state index in [2.05, 4.69) is 40.2 Å². The molecule has 35 heavy (non-hydrogen) atoms. The molecule has 3 atom stereocenters. The Bertz CT molecular complexity index is 1260. The van der Waals surface area contributed by atoms with Crippen LogP contribution in [-0.2, 0) is 6.42 Å². The fourth-order valence-electron chi connectivity index (χ4n) is 6.56. The Morgan fingerprint density at radius 2 is 1.80 bits per heavy atom. The number of rotatable bonds is 4. The second kappa shape index (κ2) is 8.19. The van der Waals surface area contributed by atoms with E-state index in [-0.39, 0.29) is 16.8 Å². The standard InChI is InChI=1S/C28H33N5O2/c1-27-9-10-28(2,32-27)17-21(16-27)33-12-4-5-20-13-23(30-31-26(20)33)22-7-6-18(14-24(22)34)19-8-11-29-25(15-19)35-3/h6-8,11,13-15,21,32,34H,4-5,9-10,12,16-17H2,1-3H3/t21?,27-,28+. The van der Waals surface area contributed by atoms with Crippen LogP contribution in [0.4, 0.5) is 5.82 Å². The van der Waals surface area contributed by atoms with Gasteiger partial charge < -0.3 is 20.1 Å². The Kier molecular flexibility index (Phi) is 5.22. The van der Waals surface area contributed by atoms with Crippen molar-refractivity contribution in [1.82, 2.24) is 20.5 Å². The number of nitrogens with zero attached hydrogens (tertiary/aromatic N) is 4. The number of piperidine rings is 1. The first-order valence-electron chi connectivity index (χ1n) is 12.6. The molecule has 182 valence electrons. The number of phenols is 1. The monoisotopic (exact) mass is 471 g/mol. The molecule has 3 aliphatic rings. The van der Waals surface area contributed by atoms with Gasteiger partial charge in [0.05, 0.1) is 12.8 Å². The maximum absolute atomic E-state index is 10.9. The molecule has 1 aromatic carbocycles. The van der Waals surface area contributed by atoms with E-state index in [0.717, 1.165) is 49.2 Å². The predicted octanol–water partition coefficient (Wildman–Crippen LogP) is 4.74. The highest BCUT2D eigenvalue weighted by Crippen LogP contribution is 2.45. The van der Waals surface area contributed by atoms with E-state index in [4.69, 9.17) is 9.84 Å². The molecule has 0 spiro atoms. The number of fused-ring (bicyclic) bond motifs is 3. The van der Waals surface area contributed by atoms with Crippen LogP contribution in [0.5, 0.6) is 11.6 Å². The zero-order valence-corrected chi connectivity index (χ0v) is 20.7. The van der Waals surface area contributed by atoms with Crippen LogP contribution in [0.25, 0.3) is 22.4 Å². The number of aromatic hydroxyl groups is 1. The van der Waals surface area contributed by atoms with Crippen molar-refractivity contribution in [3.8, 4) is 34.0 Å². The van der Waals surface area contributed by atoms with Gasteiger partial charge in [0.25, 0.3) is 0 Å². The third-order valence-corrected chi connectivity index (χ3v) is 8.16. The van der Waals surface area contributed by atoms with Gasteiger partial charge in [-0.25, -0.2) is 4.98 Å². The normalized spacial score (nSPS) is 27.5. The lowest BCUT2D eigenvalue weighted by Gasteiger charge is -2.47. The molecular weight excluding hydrogens is 438 g/mol. The lowest BCUT2D eigenvalue weighted by molar-refractivity contribution is 0.203. The average Bonchev–Trinajstić information content (AvgIpc) is 3.09. The van der Waals surface area contributed by atoms with Gasteiger partial charge in [-0.3, -0.25) is 0 Å². The molecular formula is C28H33N5O2. The Balaban J connectivity index is 1.29. The van der Waals surface area contributed by atoms with Gasteiger partial charge in [0, 0.05) is 41.5 Å². The average molecular weight is 472 g/mol. The van der Waals surface area contributed by atoms with Crippen molar-refractivity contribution < 1.29 is 9.84 Å². The van der Waals surface area contributed by atoms with Crippen molar-refractivity contribution in [2.75, 3.05) is 18.6 Å². The first kappa shape index (κ1) is 22.3. The van der Waals surface area contributed by atoms with Crippen molar-refractivity contribution >= 4 is 5.82 Å². The summed E-state index contributed by atoms with van der Waals surface area (Å²) in [4.78, 5) is 6.67. The summed E-state index contributed by atoms with van der Waals surface area (Å²) >= 11 is 0. The van der Waals surface area contributed by atoms with Crippen molar-refractivity contribution in [2.45, 2.75) is 69.5 Å². The number of anilines is 1. The minimum absolute atomic E-state index is 0.191. The van der Waals surface area contributed by atoms with Gasteiger partial charge in [-0.2, -0.15) is 0 Å². The summed E-state index contributed by atoms with van der Waals surface area (Å²) in [7, 11) is 1.60. The maximum Gasteiger partial charge on any atom is 0.213 e. The molecule has 2 aromatic heterocycles. The minimum atomic E-state index is 0.191. The lowest BCUT2D eigenvalue weighted by atomic mass is 9.83. The molecule has 2 N–H and O–H groups in total. The quantitative estimate of drug-likeness (QED) is 0.569. The van der Waals surface area contributed by atoms with E-state index in [1.54, 1.807) is 19.4 Å². The van der Waals surface area contributed by atoms with Crippen molar-refractivity contribution in [1.29, 1.82) is 0 Å². The van der Waals surface area contributed by atoms with Crippen LogP contribution >= 0.6 is 0 Å². The van der Waals surface area contributed by atoms with Crippen LogP contribution < -0.4 is 15.0 Å².